The molecule has 0 N–H and O–H groups in total. The van der Waals surface area contributed by atoms with Crippen LogP contribution < -0.4 is 4.74 Å². The predicted octanol–water partition coefficient (Wildman–Crippen LogP) is 7.11. The molecular formula is C37H31N3O4S. The lowest BCUT2D eigenvalue weighted by atomic mass is 9.75. The average Bonchev–Trinajstić information content (AvgIpc) is 3.38. The highest BCUT2D eigenvalue weighted by molar-refractivity contribution is 8.15. The Morgan fingerprint density at radius 1 is 0.756 bits per heavy atom. The third-order valence-corrected chi connectivity index (χ3v) is 8.62. The van der Waals surface area contributed by atoms with Gasteiger partial charge in [-0.05, 0) is 46.9 Å². The summed E-state index contributed by atoms with van der Waals surface area (Å²) in [6.45, 7) is 0.611. The molecule has 7 nitrogen and oxygen atoms in total. The predicted molar refractivity (Wildman–Crippen MR) is 176 cm³/mol. The van der Waals surface area contributed by atoms with Crippen molar-refractivity contribution in [2.45, 2.75) is 17.2 Å². The van der Waals surface area contributed by atoms with E-state index in [1.54, 1.807) is 18.6 Å². The zero-order valence-electron chi connectivity index (χ0n) is 24.4. The van der Waals surface area contributed by atoms with E-state index < -0.39 is 10.8 Å². The van der Waals surface area contributed by atoms with Gasteiger partial charge in [0.15, 0.2) is 6.61 Å². The number of amides is 2. The zero-order chi connectivity index (χ0) is 30.9. The van der Waals surface area contributed by atoms with Gasteiger partial charge >= 0.3 is 0 Å². The maximum absolute atomic E-state index is 14.3. The quantitative estimate of drug-likeness (QED) is 0.0646. The van der Waals surface area contributed by atoms with Gasteiger partial charge in [0.1, 0.15) is 17.9 Å². The fourth-order valence-corrected chi connectivity index (χ4v) is 6.61. The van der Waals surface area contributed by atoms with Crippen LogP contribution in [0.4, 0.5) is 4.79 Å². The third kappa shape index (κ3) is 6.51. The number of ether oxygens (including phenoxy) is 1. The monoisotopic (exact) mass is 613 g/mol. The van der Waals surface area contributed by atoms with Crippen molar-refractivity contribution in [2.24, 2.45) is 5.16 Å². The molecular weight excluding hydrogens is 582 g/mol. The number of hydrogen-bond acceptors (Lipinski definition) is 7. The Bertz CT molecular complexity index is 1640. The van der Waals surface area contributed by atoms with E-state index in [4.69, 9.17) is 9.57 Å². The van der Waals surface area contributed by atoms with Gasteiger partial charge in [0, 0.05) is 18.0 Å². The number of thioether (sulfide) groups is 1. The first kappa shape index (κ1) is 29.8. The summed E-state index contributed by atoms with van der Waals surface area (Å²) in [4.78, 5) is 39.0. The van der Waals surface area contributed by atoms with Gasteiger partial charge in [-0.25, -0.2) is 0 Å². The molecule has 1 aliphatic rings. The van der Waals surface area contributed by atoms with Crippen LogP contribution in [0.2, 0.25) is 0 Å². The number of nitrogens with zero attached hydrogens (tertiary/aromatic N) is 3. The molecule has 45 heavy (non-hydrogen) atoms. The van der Waals surface area contributed by atoms with Crippen molar-refractivity contribution in [2.75, 3.05) is 13.2 Å². The van der Waals surface area contributed by atoms with Gasteiger partial charge in [0.25, 0.3) is 5.24 Å². The fourth-order valence-electron chi connectivity index (χ4n) is 5.55. The number of hydrogen-bond donors (Lipinski definition) is 0. The van der Waals surface area contributed by atoms with Gasteiger partial charge in [-0.2, -0.15) is 0 Å². The molecule has 1 fully saturated rings. The van der Waals surface area contributed by atoms with Crippen molar-refractivity contribution in [1.29, 1.82) is 0 Å². The van der Waals surface area contributed by atoms with Crippen molar-refractivity contribution in [3.63, 3.8) is 0 Å². The zero-order valence-corrected chi connectivity index (χ0v) is 25.3. The lowest BCUT2D eigenvalue weighted by Gasteiger charge is -2.42. The molecule has 0 saturated carbocycles. The number of rotatable bonds is 12. The molecule has 6 rings (SSSR count). The van der Waals surface area contributed by atoms with E-state index in [-0.39, 0.29) is 17.8 Å². The highest BCUT2D eigenvalue weighted by Crippen LogP contribution is 2.47. The Hall–Kier alpha value is -5.21. The Morgan fingerprint density at radius 3 is 1.91 bits per heavy atom. The van der Waals surface area contributed by atoms with Gasteiger partial charge < -0.3 is 9.57 Å². The van der Waals surface area contributed by atoms with Crippen LogP contribution in [0.1, 0.15) is 27.8 Å². The van der Waals surface area contributed by atoms with Crippen molar-refractivity contribution in [3.05, 3.63) is 168 Å². The maximum atomic E-state index is 14.3. The summed E-state index contributed by atoms with van der Waals surface area (Å²) in [6.07, 6.45) is 5.40. The second-order valence-corrected chi connectivity index (χ2v) is 11.6. The summed E-state index contributed by atoms with van der Waals surface area (Å²) < 4.78 is 5.78. The highest BCUT2D eigenvalue weighted by atomic mass is 32.2. The first-order chi connectivity index (χ1) is 22.2. The van der Waals surface area contributed by atoms with E-state index in [0.29, 0.717) is 18.8 Å². The molecule has 0 bridgehead atoms. The van der Waals surface area contributed by atoms with E-state index in [0.717, 1.165) is 39.6 Å². The number of carbonyl (C=O) groups is 2. The van der Waals surface area contributed by atoms with E-state index in [1.165, 1.54) is 4.90 Å². The van der Waals surface area contributed by atoms with Gasteiger partial charge in [-0.3, -0.25) is 19.5 Å². The minimum atomic E-state index is -1.12. The van der Waals surface area contributed by atoms with Gasteiger partial charge in [-0.1, -0.05) is 126 Å². The van der Waals surface area contributed by atoms with Crippen molar-refractivity contribution < 1.29 is 19.2 Å². The lowest BCUT2D eigenvalue weighted by molar-refractivity contribution is -0.129. The molecule has 1 aliphatic heterocycles. The standard InChI is InChI=1S/C37H31N3O4S/c41-35-34(25-28-18-20-33(21-19-28)43-23-24-44-39-27-29-11-10-22-38-26-29)45-36(42)40(35)37(30-12-4-1-5-13-30,31-14-6-2-7-15-31)32-16-8-3-9-17-32/h1-22,26-27,34H,23-25H2/b39-27+. The largest absolute Gasteiger partial charge is 0.490 e. The molecule has 4 aromatic carbocycles. The van der Waals surface area contributed by atoms with Crippen LogP contribution in [0.3, 0.4) is 0 Å². The number of imide groups is 1. The number of aromatic nitrogens is 1. The molecule has 2 amide bonds. The minimum Gasteiger partial charge on any atom is -0.490 e. The van der Waals surface area contributed by atoms with Crippen LogP contribution in [0.5, 0.6) is 5.75 Å². The fraction of sp³-hybridized carbons (Fsp3) is 0.135. The smallest absolute Gasteiger partial charge is 0.290 e. The molecule has 1 atom stereocenters. The van der Waals surface area contributed by atoms with Gasteiger partial charge in [-0.15, -0.1) is 0 Å². The summed E-state index contributed by atoms with van der Waals surface area (Å²) in [5.74, 6) is 0.462. The van der Waals surface area contributed by atoms with E-state index in [2.05, 4.69) is 10.1 Å². The van der Waals surface area contributed by atoms with Crippen LogP contribution in [-0.2, 0) is 21.6 Å². The van der Waals surface area contributed by atoms with Gasteiger partial charge in [0.2, 0.25) is 5.91 Å². The Balaban J connectivity index is 1.18. The topological polar surface area (TPSA) is 81.1 Å². The number of benzene rings is 4. The van der Waals surface area contributed by atoms with E-state index in [9.17, 15) is 9.59 Å². The molecule has 8 heteroatoms. The summed E-state index contributed by atoms with van der Waals surface area (Å²) in [5, 5.41) is 3.09. The molecule has 2 heterocycles. The Kier molecular flexibility index (Phi) is 9.32. The summed E-state index contributed by atoms with van der Waals surface area (Å²) in [5.41, 5.74) is 3.20. The van der Waals surface area contributed by atoms with Crippen LogP contribution in [0, 0.1) is 0 Å². The SMILES string of the molecule is O=C1SC(Cc2ccc(OCCO/N=C/c3cccnc3)cc2)C(=O)N1C(c1ccccc1)(c1ccccc1)c1ccccc1. The Morgan fingerprint density at radius 2 is 1.36 bits per heavy atom. The first-order valence-electron chi connectivity index (χ1n) is 14.6. The molecule has 1 aromatic heterocycles. The number of carbonyl (C=O) groups excluding carboxylic acids is 2. The maximum Gasteiger partial charge on any atom is 0.290 e. The van der Waals surface area contributed by atoms with Crippen LogP contribution in [-0.4, -0.2) is 45.7 Å². The van der Waals surface area contributed by atoms with Crippen LogP contribution in [0.25, 0.3) is 0 Å². The minimum absolute atomic E-state index is 0.217. The highest BCUT2D eigenvalue weighted by Gasteiger charge is 2.53. The second kappa shape index (κ2) is 14.1. The second-order valence-electron chi connectivity index (χ2n) is 10.4. The molecule has 224 valence electrons. The summed E-state index contributed by atoms with van der Waals surface area (Å²) in [6, 6.07) is 40.6. The Labute approximate surface area is 266 Å². The third-order valence-electron chi connectivity index (χ3n) is 7.58. The first-order valence-corrected chi connectivity index (χ1v) is 15.5. The van der Waals surface area contributed by atoms with Crippen molar-refractivity contribution in [3.8, 4) is 5.75 Å². The number of oxime groups is 1. The van der Waals surface area contributed by atoms with Gasteiger partial charge in [0.05, 0.1) is 11.5 Å². The molecule has 0 spiro atoms. The van der Waals surface area contributed by atoms with Crippen LogP contribution >= 0.6 is 11.8 Å². The lowest BCUT2D eigenvalue weighted by Crippen LogP contribution is -2.51. The molecule has 5 aromatic rings. The van der Waals surface area contributed by atoms with E-state index in [1.807, 2.05) is 127 Å². The molecule has 0 radical (unpaired) electrons. The number of pyridine rings is 1. The van der Waals surface area contributed by atoms with Crippen molar-refractivity contribution >= 4 is 29.1 Å². The van der Waals surface area contributed by atoms with E-state index >= 15 is 0 Å². The summed E-state index contributed by atoms with van der Waals surface area (Å²) >= 11 is 1.08. The van der Waals surface area contributed by atoms with Crippen LogP contribution in [0.15, 0.2) is 145 Å². The molecule has 0 aliphatic carbocycles. The normalized spacial score (nSPS) is 15.0. The van der Waals surface area contributed by atoms with Crippen molar-refractivity contribution in [1.82, 2.24) is 9.88 Å². The molecule has 1 unspecified atom stereocenters. The average molecular weight is 614 g/mol. The molecule has 1 saturated heterocycles. The summed E-state index contributed by atoms with van der Waals surface area (Å²) in [7, 11) is 0.